The van der Waals surface area contributed by atoms with Gasteiger partial charge >= 0.3 is 0 Å². The van der Waals surface area contributed by atoms with Gasteiger partial charge in [-0.2, -0.15) is 0 Å². The van der Waals surface area contributed by atoms with Crippen LogP contribution in [0.4, 0.5) is 0 Å². The summed E-state index contributed by atoms with van der Waals surface area (Å²) in [6.07, 6.45) is 7.25. The molecule has 2 unspecified atom stereocenters. The van der Waals surface area contributed by atoms with Gasteiger partial charge in [0.15, 0.2) is 0 Å². The first-order chi connectivity index (χ1) is 7.76. The standard InChI is InChI=1S/C13H24N2O/c1-3-9-14-12(16)11-13(7-5-6-8-13)15(11)10-4-2/h11H,3-10H2,1-2H3,(H,14,16). The summed E-state index contributed by atoms with van der Waals surface area (Å²) in [5.74, 6) is 0.275. The average Bonchev–Trinajstić information content (AvgIpc) is 2.66. The second kappa shape index (κ2) is 4.74. The highest BCUT2D eigenvalue weighted by Gasteiger charge is 2.65. The van der Waals surface area contributed by atoms with Gasteiger partial charge in [-0.15, -0.1) is 0 Å². The number of amides is 1. The molecule has 0 aromatic heterocycles. The van der Waals surface area contributed by atoms with Crippen molar-refractivity contribution in [3.05, 3.63) is 0 Å². The van der Waals surface area contributed by atoms with Gasteiger partial charge in [0.05, 0.1) is 0 Å². The summed E-state index contributed by atoms with van der Waals surface area (Å²) >= 11 is 0. The van der Waals surface area contributed by atoms with Crippen molar-refractivity contribution in [3.8, 4) is 0 Å². The Morgan fingerprint density at radius 1 is 1.31 bits per heavy atom. The van der Waals surface area contributed by atoms with E-state index >= 15 is 0 Å². The second-order valence-corrected chi connectivity index (χ2v) is 5.20. The van der Waals surface area contributed by atoms with Gasteiger partial charge in [-0.25, -0.2) is 0 Å². The van der Waals surface area contributed by atoms with Gasteiger partial charge < -0.3 is 5.32 Å². The summed E-state index contributed by atoms with van der Waals surface area (Å²) < 4.78 is 0. The molecule has 1 aliphatic heterocycles. The topological polar surface area (TPSA) is 32.1 Å². The van der Waals surface area contributed by atoms with Crippen molar-refractivity contribution in [1.29, 1.82) is 0 Å². The Kier molecular flexibility index (Phi) is 3.53. The highest BCUT2D eigenvalue weighted by atomic mass is 16.2. The summed E-state index contributed by atoms with van der Waals surface area (Å²) in [5, 5.41) is 3.05. The number of hydrogen-bond acceptors (Lipinski definition) is 2. The minimum atomic E-state index is 0.196. The van der Waals surface area contributed by atoms with E-state index in [0.717, 1.165) is 25.9 Å². The normalized spacial score (nSPS) is 30.6. The molecule has 2 atom stereocenters. The van der Waals surface area contributed by atoms with Crippen LogP contribution in [0.2, 0.25) is 0 Å². The summed E-state index contributed by atoms with van der Waals surface area (Å²) in [4.78, 5) is 14.5. The third-order valence-electron chi connectivity index (χ3n) is 4.06. The number of rotatable bonds is 5. The lowest BCUT2D eigenvalue weighted by molar-refractivity contribution is -0.121. The molecule has 1 heterocycles. The van der Waals surface area contributed by atoms with Crippen molar-refractivity contribution in [1.82, 2.24) is 10.2 Å². The Labute approximate surface area is 98.6 Å². The van der Waals surface area contributed by atoms with Gasteiger partial charge in [0, 0.05) is 12.1 Å². The molecule has 0 aromatic rings. The minimum Gasteiger partial charge on any atom is -0.355 e. The van der Waals surface area contributed by atoms with Crippen LogP contribution in [0.15, 0.2) is 0 Å². The van der Waals surface area contributed by atoms with E-state index in [2.05, 4.69) is 24.1 Å². The molecular weight excluding hydrogens is 200 g/mol. The molecule has 3 nitrogen and oxygen atoms in total. The van der Waals surface area contributed by atoms with Crippen molar-refractivity contribution < 1.29 is 4.79 Å². The van der Waals surface area contributed by atoms with Gasteiger partial charge in [-0.05, 0) is 32.2 Å². The maximum absolute atomic E-state index is 12.1. The Balaban J connectivity index is 1.95. The van der Waals surface area contributed by atoms with Crippen LogP contribution in [0.25, 0.3) is 0 Å². The van der Waals surface area contributed by atoms with Crippen LogP contribution in [-0.4, -0.2) is 35.5 Å². The van der Waals surface area contributed by atoms with Gasteiger partial charge in [0.1, 0.15) is 6.04 Å². The predicted molar refractivity (Wildman–Crippen MR) is 65.3 cm³/mol. The molecule has 92 valence electrons. The Hall–Kier alpha value is -0.570. The lowest BCUT2D eigenvalue weighted by atomic mass is 10.0. The van der Waals surface area contributed by atoms with Crippen molar-refractivity contribution in [2.45, 2.75) is 64.0 Å². The summed E-state index contributed by atoms with van der Waals surface area (Å²) in [6.45, 7) is 6.21. The van der Waals surface area contributed by atoms with Crippen molar-refractivity contribution in [2.75, 3.05) is 13.1 Å². The fourth-order valence-electron chi connectivity index (χ4n) is 3.31. The third kappa shape index (κ3) is 1.86. The van der Waals surface area contributed by atoms with Gasteiger partial charge in [-0.3, -0.25) is 9.69 Å². The van der Waals surface area contributed by atoms with E-state index in [4.69, 9.17) is 0 Å². The Morgan fingerprint density at radius 2 is 2.00 bits per heavy atom. The molecular formula is C13H24N2O. The fourth-order valence-corrected chi connectivity index (χ4v) is 3.31. The minimum absolute atomic E-state index is 0.196. The SMILES string of the molecule is CCCNC(=O)C1N(CCC)C12CCCC2. The number of hydrogen-bond donors (Lipinski definition) is 1. The summed E-state index contributed by atoms with van der Waals surface area (Å²) in [5.41, 5.74) is 0.272. The summed E-state index contributed by atoms with van der Waals surface area (Å²) in [7, 11) is 0. The molecule has 0 bridgehead atoms. The number of nitrogens with zero attached hydrogens (tertiary/aromatic N) is 1. The quantitative estimate of drug-likeness (QED) is 0.724. The molecule has 16 heavy (non-hydrogen) atoms. The van der Waals surface area contributed by atoms with Gasteiger partial charge in [0.2, 0.25) is 5.91 Å². The molecule has 1 saturated carbocycles. The number of nitrogens with one attached hydrogen (secondary N) is 1. The van der Waals surface area contributed by atoms with E-state index < -0.39 is 0 Å². The van der Waals surface area contributed by atoms with Crippen LogP contribution in [-0.2, 0) is 4.79 Å². The van der Waals surface area contributed by atoms with E-state index in [0.29, 0.717) is 0 Å². The number of carbonyl (C=O) groups excluding carboxylic acids is 1. The molecule has 0 radical (unpaired) electrons. The highest BCUT2D eigenvalue weighted by Crippen LogP contribution is 2.52. The summed E-state index contributed by atoms with van der Waals surface area (Å²) in [6, 6.07) is 0.196. The molecule has 1 saturated heterocycles. The van der Waals surface area contributed by atoms with Gasteiger partial charge in [0.25, 0.3) is 0 Å². The lowest BCUT2D eigenvalue weighted by Crippen LogP contribution is -2.32. The first-order valence-electron chi connectivity index (χ1n) is 6.80. The van der Waals surface area contributed by atoms with Crippen LogP contribution >= 0.6 is 0 Å². The van der Waals surface area contributed by atoms with Crippen LogP contribution in [0.3, 0.4) is 0 Å². The lowest BCUT2D eigenvalue weighted by Gasteiger charge is -2.07. The van der Waals surface area contributed by atoms with Crippen molar-refractivity contribution in [3.63, 3.8) is 0 Å². The molecule has 1 N–H and O–H groups in total. The molecule has 0 aromatic carbocycles. The zero-order chi connectivity index (χ0) is 11.6. The first kappa shape index (κ1) is 11.9. The first-order valence-corrected chi connectivity index (χ1v) is 6.80. The van der Waals surface area contributed by atoms with Crippen LogP contribution in [0.5, 0.6) is 0 Å². The second-order valence-electron chi connectivity index (χ2n) is 5.20. The average molecular weight is 224 g/mol. The van der Waals surface area contributed by atoms with Gasteiger partial charge in [-0.1, -0.05) is 26.7 Å². The Morgan fingerprint density at radius 3 is 2.56 bits per heavy atom. The third-order valence-corrected chi connectivity index (χ3v) is 4.06. The zero-order valence-corrected chi connectivity index (χ0v) is 10.6. The molecule has 2 aliphatic rings. The predicted octanol–water partition coefficient (Wildman–Crippen LogP) is 1.92. The van der Waals surface area contributed by atoms with E-state index in [9.17, 15) is 4.79 Å². The smallest absolute Gasteiger partial charge is 0.239 e. The van der Waals surface area contributed by atoms with Crippen LogP contribution in [0.1, 0.15) is 52.4 Å². The monoisotopic (exact) mass is 224 g/mol. The molecule has 3 heteroatoms. The molecule has 1 aliphatic carbocycles. The van der Waals surface area contributed by atoms with Crippen molar-refractivity contribution in [2.24, 2.45) is 0 Å². The Bertz CT molecular complexity index is 259. The van der Waals surface area contributed by atoms with E-state index in [-0.39, 0.29) is 17.5 Å². The fraction of sp³-hybridized carbons (Fsp3) is 0.923. The van der Waals surface area contributed by atoms with Crippen LogP contribution in [0, 0.1) is 0 Å². The van der Waals surface area contributed by atoms with E-state index in [1.807, 2.05) is 0 Å². The van der Waals surface area contributed by atoms with Crippen molar-refractivity contribution >= 4 is 5.91 Å². The molecule has 1 spiro atoms. The largest absolute Gasteiger partial charge is 0.355 e. The number of carbonyl (C=O) groups is 1. The zero-order valence-electron chi connectivity index (χ0n) is 10.6. The molecule has 1 amide bonds. The van der Waals surface area contributed by atoms with E-state index in [1.54, 1.807) is 0 Å². The highest BCUT2D eigenvalue weighted by molar-refractivity contribution is 5.87. The maximum atomic E-state index is 12.1. The maximum Gasteiger partial charge on any atom is 0.239 e. The molecule has 2 rings (SSSR count). The van der Waals surface area contributed by atoms with Crippen LogP contribution < -0.4 is 5.32 Å². The molecule has 2 fully saturated rings. The van der Waals surface area contributed by atoms with E-state index in [1.165, 1.54) is 25.7 Å².